The minimum atomic E-state index is -0.376. The van der Waals surface area contributed by atoms with Gasteiger partial charge < -0.3 is 5.32 Å². The zero-order valence-electron chi connectivity index (χ0n) is 11.9. The predicted molar refractivity (Wildman–Crippen MR) is 73.7 cm³/mol. The number of aryl methyl sites for hydroxylation is 3. The summed E-state index contributed by atoms with van der Waals surface area (Å²) in [6.45, 7) is 6.85. The van der Waals surface area contributed by atoms with Gasteiger partial charge in [0.25, 0.3) is 0 Å². The Morgan fingerprint density at radius 1 is 1.16 bits per heavy atom. The van der Waals surface area contributed by atoms with Crippen LogP contribution in [-0.4, -0.2) is 29.8 Å². The first-order valence-electron chi connectivity index (χ1n) is 6.50. The van der Waals surface area contributed by atoms with Crippen molar-refractivity contribution in [2.24, 2.45) is 0 Å². The van der Waals surface area contributed by atoms with Crippen LogP contribution in [0.1, 0.15) is 28.7 Å². The van der Waals surface area contributed by atoms with Gasteiger partial charge >= 0.3 is 0 Å². The Kier molecular flexibility index (Phi) is 3.71. The molecule has 19 heavy (non-hydrogen) atoms. The van der Waals surface area contributed by atoms with Crippen LogP contribution in [-0.2, 0) is 16.1 Å². The Hall–Kier alpha value is -1.68. The number of rotatable bonds is 3. The van der Waals surface area contributed by atoms with Crippen LogP contribution in [0.2, 0.25) is 0 Å². The van der Waals surface area contributed by atoms with Gasteiger partial charge in [0.05, 0.1) is 12.5 Å². The molecule has 1 atom stereocenters. The number of likely N-dealkylation sites (tertiary alicyclic amines) is 1. The SMILES string of the molecule is Cc1cc(C)c(CNC2CC(=O)N(C)C2=O)cc1C. The van der Waals surface area contributed by atoms with Crippen molar-refractivity contribution in [3.63, 3.8) is 0 Å². The molecule has 1 fully saturated rings. The zero-order valence-corrected chi connectivity index (χ0v) is 11.9. The molecule has 0 bridgehead atoms. The quantitative estimate of drug-likeness (QED) is 0.837. The van der Waals surface area contributed by atoms with E-state index in [9.17, 15) is 9.59 Å². The number of nitrogens with one attached hydrogen (secondary N) is 1. The molecule has 1 aromatic carbocycles. The molecule has 0 radical (unpaired) electrons. The van der Waals surface area contributed by atoms with Gasteiger partial charge in [-0.1, -0.05) is 12.1 Å². The Labute approximate surface area is 113 Å². The first kappa shape index (κ1) is 13.7. The summed E-state index contributed by atoms with van der Waals surface area (Å²) in [5, 5.41) is 3.18. The number of benzene rings is 1. The van der Waals surface area contributed by atoms with Gasteiger partial charge in [-0.3, -0.25) is 14.5 Å². The first-order valence-corrected chi connectivity index (χ1v) is 6.50. The van der Waals surface area contributed by atoms with E-state index in [1.54, 1.807) is 0 Å². The second kappa shape index (κ2) is 5.13. The number of hydrogen-bond donors (Lipinski definition) is 1. The molecule has 1 N–H and O–H groups in total. The van der Waals surface area contributed by atoms with Crippen LogP contribution in [0, 0.1) is 20.8 Å². The van der Waals surface area contributed by atoms with Crippen molar-refractivity contribution in [3.8, 4) is 0 Å². The van der Waals surface area contributed by atoms with Crippen molar-refractivity contribution in [3.05, 3.63) is 34.4 Å². The van der Waals surface area contributed by atoms with Gasteiger partial charge in [0.15, 0.2) is 0 Å². The Balaban J connectivity index is 2.06. The van der Waals surface area contributed by atoms with Crippen LogP contribution in [0.25, 0.3) is 0 Å². The van der Waals surface area contributed by atoms with Gasteiger partial charge in [0, 0.05) is 13.6 Å². The maximum Gasteiger partial charge on any atom is 0.246 e. The molecule has 0 saturated carbocycles. The van der Waals surface area contributed by atoms with E-state index in [2.05, 4.69) is 38.2 Å². The van der Waals surface area contributed by atoms with Crippen LogP contribution in [0.3, 0.4) is 0 Å². The number of nitrogens with zero attached hydrogens (tertiary/aromatic N) is 1. The van der Waals surface area contributed by atoms with Crippen molar-refractivity contribution in [2.75, 3.05) is 7.05 Å². The molecule has 1 aromatic rings. The third kappa shape index (κ3) is 2.68. The summed E-state index contributed by atoms with van der Waals surface area (Å²) in [4.78, 5) is 24.4. The molecule has 1 heterocycles. The summed E-state index contributed by atoms with van der Waals surface area (Å²) >= 11 is 0. The fourth-order valence-corrected chi connectivity index (χ4v) is 2.36. The number of likely N-dealkylation sites (N-methyl/N-ethyl adjacent to an activating group) is 1. The van der Waals surface area contributed by atoms with Crippen molar-refractivity contribution >= 4 is 11.8 Å². The molecule has 0 spiro atoms. The minimum absolute atomic E-state index is 0.112. The van der Waals surface area contributed by atoms with E-state index in [4.69, 9.17) is 0 Å². The van der Waals surface area contributed by atoms with E-state index >= 15 is 0 Å². The van der Waals surface area contributed by atoms with E-state index in [0.717, 1.165) is 0 Å². The van der Waals surface area contributed by atoms with Crippen LogP contribution in [0.15, 0.2) is 12.1 Å². The van der Waals surface area contributed by atoms with Crippen molar-refractivity contribution in [1.82, 2.24) is 10.2 Å². The molecule has 4 nitrogen and oxygen atoms in total. The topological polar surface area (TPSA) is 49.4 Å². The van der Waals surface area contributed by atoms with Crippen LogP contribution in [0.4, 0.5) is 0 Å². The molecule has 1 unspecified atom stereocenters. The average Bonchev–Trinajstić information content (AvgIpc) is 2.60. The number of imide groups is 1. The first-order chi connectivity index (χ1) is 8.90. The highest BCUT2D eigenvalue weighted by Gasteiger charge is 2.35. The Morgan fingerprint density at radius 3 is 2.37 bits per heavy atom. The normalized spacial score (nSPS) is 19.4. The van der Waals surface area contributed by atoms with Crippen molar-refractivity contribution in [2.45, 2.75) is 39.8 Å². The maximum atomic E-state index is 11.8. The number of carbonyl (C=O) groups excluding carboxylic acids is 2. The second-order valence-corrected chi connectivity index (χ2v) is 5.29. The summed E-state index contributed by atoms with van der Waals surface area (Å²) < 4.78 is 0. The highest BCUT2D eigenvalue weighted by Crippen LogP contribution is 2.17. The third-order valence-corrected chi connectivity index (χ3v) is 3.87. The highest BCUT2D eigenvalue weighted by molar-refractivity contribution is 6.05. The van der Waals surface area contributed by atoms with E-state index in [1.807, 2.05) is 0 Å². The second-order valence-electron chi connectivity index (χ2n) is 5.29. The minimum Gasteiger partial charge on any atom is -0.301 e. The van der Waals surface area contributed by atoms with Crippen LogP contribution in [0.5, 0.6) is 0 Å². The van der Waals surface area contributed by atoms with E-state index in [1.165, 1.54) is 34.2 Å². The van der Waals surface area contributed by atoms with Gasteiger partial charge in [-0.2, -0.15) is 0 Å². The Bertz CT molecular complexity index is 537. The number of hydrogen-bond acceptors (Lipinski definition) is 3. The molecular formula is C15H20N2O2. The molecule has 1 aliphatic heterocycles. The number of amides is 2. The van der Waals surface area contributed by atoms with Gasteiger partial charge in [-0.05, 0) is 43.0 Å². The summed E-state index contributed by atoms with van der Waals surface area (Å²) in [5.41, 5.74) is 4.90. The summed E-state index contributed by atoms with van der Waals surface area (Å²) in [6.07, 6.45) is 0.263. The summed E-state index contributed by atoms with van der Waals surface area (Å²) in [5.74, 6) is -0.245. The fraction of sp³-hybridized carbons (Fsp3) is 0.467. The molecule has 102 valence electrons. The smallest absolute Gasteiger partial charge is 0.246 e. The van der Waals surface area contributed by atoms with E-state index in [0.29, 0.717) is 6.54 Å². The van der Waals surface area contributed by atoms with Gasteiger partial charge in [-0.15, -0.1) is 0 Å². The summed E-state index contributed by atoms with van der Waals surface area (Å²) in [6, 6.07) is 3.92. The third-order valence-electron chi connectivity index (χ3n) is 3.87. The lowest BCUT2D eigenvalue weighted by molar-refractivity contribution is -0.137. The van der Waals surface area contributed by atoms with Crippen molar-refractivity contribution < 1.29 is 9.59 Å². The molecule has 2 amide bonds. The lowest BCUT2D eigenvalue weighted by Gasteiger charge is -2.14. The molecule has 2 rings (SSSR count). The Morgan fingerprint density at radius 2 is 1.79 bits per heavy atom. The largest absolute Gasteiger partial charge is 0.301 e. The van der Waals surface area contributed by atoms with E-state index < -0.39 is 0 Å². The maximum absolute atomic E-state index is 11.8. The van der Waals surface area contributed by atoms with Gasteiger partial charge in [-0.25, -0.2) is 0 Å². The molecular weight excluding hydrogens is 240 g/mol. The fourth-order valence-electron chi connectivity index (χ4n) is 2.36. The van der Waals surface area contributed by atoms with Gasteiger partial charge in [0.1, 0.15) is 0 Å². The monoisotopic (exact) mass is 260 g/mol. The summed E-state index contributed by atoms with van der Waals surface area (Å²) in [7, 11) is 1.54. The highest BCUT2D eigenvalue weighted by atomic mass is 16.2. The van der Waals surface area contributed by atoms with Crippen LogP contribution >= 0.6 is 0 Å². The van der Waals surface area contributed by atoms with Crippen LogP contribution < -0.4 is 5.32 Å². The molecule has 4 heteroatoms. The average molecular weight is 260 g/mol. The number of carbonyl (C=O) groups is 2. The van der Waals surface area contributed by atoms with Gasteiger partial charge in [0.2, 0.25) is 11.8 Å². The predicted octanol–water partition coefficient (Wildman–Crippen LogP) is 1.46. The van der Waals surface area contributed by atoms with E-state index in [-0.39, 0.29) is 24.3 Å². The van der Waals surface area contributed by atoms with Crippen molar-refractivity contribution in [1.29, 1.82) is 0 Å². The standard InChI is InChI=1S/C15H20N2O2/c1-9-5-11(3)12(6-10(9)2)8-16-13-7-14(18)17(4)15(13)19/h5-6,13,16H,7-8H2,1-4H3. The zero-order chi connectivity index (χ0) is 14.2. The lowest BCUT2D eigenvalue weighted by Crippen LogP contribution is -2.36. The molecule has 1 saturated heterocycles. The molecule has 0 aromatic heterocycles. The molecule has 0 aliphatic carbocycles. The molecule has 1 aliphatic rings. The lowest BCUT2D eigenvalue weighted by atomic mass is 10.0.